The monoisotopic (exact) mass is 304 g/mol. The fourth-order valence-corrected chi connectivity index (χ4v) is 2.33. The van der Waals surface area contributed by atoms with Gasteiger partial charge in [-0.3, -0.25) is 9.59 Å². The summed E-state index contributed by atoms with van der Waals surface area (Å²) in [5.74, 6) is -0.892. The van der Waals surface area contributed by atoms with E-state index in [0.717, 1.165) is 4.90 Å². The lowest BCUT2D eigenvalue weighted by Gasteiger charge is -2.06. The number of hydrogen-bond donors (Lipinski definition) is 2. The van der Waals surface area contributed by atoms with Crippen LogP contribution in [-0.4, -0.2) is 17.6 Å². The summed E-state index contributed by atoms with van der Waals surface area (Å²) in [6, 6.07) is 12.3. The number of rotatable bonds is 5. The van der Waals surface area contributed by atoms with E-state index >= 15 is 0 Å². The normalized spacial score (nSPS) is 10.1. The third kappa shape index (κ3) is 4.61. The van der Waals surface area contributed by atoms with E-state index in [2.05, 4.69) is 5.32 Å². The molecule has 0 heterocycles. The van der Waals surface area contributed by atoms with Gasteiger partial charge in [0.05, 0.1) is 5.75 Å². The maximum atomic E-state index is 12.7. The third-order valence-electron chi connectivity index (χ3n) is 2.61. The Kier molecular flexibility index (Phi) is 4.94. The first kappa shape index (κ1) is 15.1. The highest BCUT2D eigenvalue weighted by Crippen LogP contribution is 2.18. The quantitative estimate of drug-likeness (QED) is 0.834. The summed E-state index contributed by atoms with van der Waals surface area (Å²) in [7, 11) is 0. The van der Waals surface area contributed by atoms with Gasteiger partial charge in [0, 0.05) is 16.1 Å². The SMILES string of the molecule is NC(=O)c1cccc(NC(=O)CSc2ccc(F)cc2)c1. The van der Waals surface area contributed by atoms with Crippen LogP contribution in [-0.2, 0) is 4.79 Å². The first-order chi connectivity index (χ1) is 10.0. The molecule has 108 valence electrons. The zero-order valence-corrected chi connectivity index (χ0v) is 11.8. The molecule has 0 saturated carbocycles. The maximum absolute atomic E-state index is 12.7. The van der Waals surface area contributed by atoms with Crippen molar-refractivity contribution in [2.24, 2.45) is 5.73 Å². The number of amides is 2. The summed E-state index contributed by atoms with van der Waals surface area (Å²) in [5, 5.41) is 2.68. The number of thioether (sulfide) groups is 1. The van der Waals surface area contributed by atoms with E-state index in [1.54, 1.807) is 30.3 Å². The van der Waals surface area contributed by atoms with E-state index in [1.165, 1.54) is 30.0 Å². The number of benzene rings is 2. The first-order valence-electron chi connectivity index (χ1n) is 6.12. The number of carbonyl (C=O) groups excluding carboxylic acids is 2. The molecule has 0 aromatic heterocycles. The Hall–Kier alpha value is -2.34. The molecule has 0 saturated heterocycles. The van der Waals surface area contributed by atoms with Gasteiger partial charge in [0.1, 0.15) is 5.82 Å². The lowest BCUT2D eigenvalue weighted by molar-refractivity contribution is -0.113. The van der Waals surface area contributed by atoms with Crippen molar-refractivity contribution in [2.45, 2.75) is 4.90 Å². The fourth-order valence-electron chi connectivity index (χ4n) is 1.63. The Labute approximate surface area is 125 Å². The van der Waals surface area contributed by atoms with Crippen molar-refractivity contribution in [3.63, 3.8) is 0 Å². The summed E-state index contributed by atoms with van der Waals surface area (Å²) in [5.41, 5.74) is 6.02. The van der Waals surface area contributed by atoms with Gasteiger partial charge in [0.25, 0.3) is 0 Å². The molecule has 0 bridgehead atoms. The van der Waals surface area contributed by atoms with E-state index in [9.17, 15) is 14.0 Å². The third-order valence-corrected chi connectivity index (χ3v) is 3.63. The number of halogens is 1. The Bertz CT molecular complexity index is 659. The van der Waals surface area contributed by atoms with Crippen LogP contribution in [0.4, 0.5) is 10.1 Å². The second kappa shape index (κ2) is 6.90. The van der Waals surface area contributed by atoms with Crippen LogP contribution in [0.2, 0.25) is 0 Å². The standard InChI is InChI=1S/C15H13FN2O2S/c16-11-4-6-13(7-5-11)21-9-14(19)18-12-3-1-2-10(8-12)15(17)20/h1-8H,9H2,(H2,17,20)(H,18,19). The molecule has 3 N–H and O–H groups in total. The van der Waals surface area contributed by atoms with Crippen LogP contribution in [0.3, 0.4) is 0 Å². The largest absolute Gasteiger partial charge is 0.366 e. The second-order valence-electron chi connectivity index (χ2n) is 4.24. The van der Waals surface area contributed by atoms with Crippen molar-refractivity contribution in [1.82, 2.24) is 0 Å². The van der Waals surface area contributed by atoms with Gasteiger partial charge in [-0.15, -0.1) is 11.8 Å². The number of nitrogens with two attached hydrogens (primary N) is 1. The molecule has 0 spiro atoms. The summed E-state index contributed by atoms with van der Waals surface area (Å²) < 4.78 is 12.7. The molecule has 0 radical (unpaired) electrons. The highest BCUT2D eigenvalue weighted by Gasteiger charge is 2.06. The number of carbonyl (C=O) groups is 2. The van der Waals surface area contributed by atoms with Crippen LogP contribution in [0.5, 0.6) is 0 Å². The van der Waals surface area contributed by atoms with Crippen LogP contribution in [0, 0.1) is 5.82 Å². The lowest BCUT2D eigenvalue weighted by Crippen LogP contribution is -2.15. The molecule has 6 heteroatoms. The minimum absolute atomic E-state index is 0.187. The molecule has 0 aliphatic heterocycles. The average Bonchev–Trinajstić information content (AvgIpc) is 2.47. The van der Waals surface area contributed by atoms with Gasteiger partial charge in [-0.1, -0.05) is 6.07 Å². The molecule has 0 unspecified atom stereocenters. The van der Waals surface area contributed by atoms with Gasteiger partial charge in [0.15, 0.2) is 0 Å². The number of hydrogen-bond acceptors (Lipinski definition) is 3. The molecular formula is C15H13FN2O2S. The first-order valence-corrected chi connectivity index (χ1v) is 7.11. The topological polar surface area (TPSA) is 72.2 Å². The molecule has 2 aromatic rings. The van der Waals surface area contributed by atoms with E-state index in [0.29, 0.717) is 11.3 Å². The van der Waals surface area contributed by atoms with Crippen molar-refractivity contribution < 1.29 is 14.0 Å². The number of primary amides is 1. The molecular weight excluding hydrogens is 291 g/mol. The van der Waals surface area contributed by atoms with Gasteiger partial charge in [-0.25, -0.2) is 4.39 Å². The van der Waals surface area contributed by atoms with Gasteiger partial charge in [0.2, 0.25) is 11.8 Å². The molecule has 4 nitrogen and oxygen atoms in total. The Morgan fingerprint density at radius 3 is 2.52 bits per heavy atom. The van der Waals surface area contributed by atoms with E-state index in [1.807, 2.05) is 0 Å². The highest BCUT2D eigenvalue weighted by molar-refractivity contribution is 8.00. The smallest absolute Gasteiger partial charge is 0.248 e. The zero-order chi connectivity index (χ0) is 15.2. The molecule has 0 fully saturated rings. The predicted octanol–water partition coefficient (Wildman–Crippen LogP) is 2.66. The van der Waals surface area contributed by atoms with E-state index in [4.69, 9.17) is 5.73 Å². The molecule has 2 aromatic carbocycles. The second-order valence-corrected chi connectivity index (χ2v) is 5.28. The van der Waals surface area contributed by atoms with Crippen LogP contribution >= 0.6 is 11.8 Å². The molecule has 21 heavy (non-hydrogen) atoms. The van der Waals surface area contributed by atoms with Gasteiger partial charge in [-0.2, -0.15) is 0 Å². The van der Waals surface area contributed by atoms with E-state index < -0.39 is 5.91 Å². The fraction of sp³-hybridized carbons (Fsp3) is 0.0667. The molecule has 0 aliphatic carbocycles. The summed E-state index contributed by atoms with van der Waals surface area (Å²) in [4.78, 5) is 23.7. The summed E-state index contributed by atoms with van der Waals surface area (Å²) in [6.45, 7) is 0. The minimum atomic E-state index is -0.549. The van der Waals surface area contributed by atoms with Crippen molar-refractivity contribution in [3.8, 4) is 0 Å². The number of nitrogens with one attached hydrogen (secondary N) is 1. The van der Waals surface area contributed by atoms with Crippen LogP contribution in [0.1, 0.15) is 10.4 Å². The van der Waals surface area contributed by atoms with E-state index in [-0.39, 0.29) is 17.5 Å². The Morgan fingerprint density at radius 2 is 1.86 bits per heavy atom. The van der Waals surface area contributed by atoms with Crippen LogP contribution in [0.15, 0.2) is 53.4 Å². The molecule has 2 amide bonds. The molecule has 0 atom stereocenters. The van der Waals surface area contributed by atoms with Crippen LogP contribution in [0.25, 0.3) is 0 Å². The van der Waals surface area contributed by atoms with Crippen molar-refractivity contribution in [3.05, 3.63) is 59.9 Å². The lowest BCUT2D eigenvalue weighted by atomic mass is 10.2. The minimum Gasteiger partial charge on any atom is -0.366 e. The summed E-state index contributed by atoms with van der Waals surface area (Å²) in [6.07, 6.45) is 0. The van der Waals surface area contributed by atoms with Gasteiger partial charge in [-0.05, 0) is 42.5 Å². The van der Waals surface area contributed by atoms with Crippen molar-refractivity contribution >= 4 is 29.3 Å². The van der Waals surface area contributed by atoms with Crippen molar-refractivity contribution in [1.29, 1.82) is 0 Å². The number of anilines is 1. The van der Waals surface area contributed by atoms with Crippen molar-refractivity contribution in [2.75, 3.05) is 11.1 Å². The van der Waals surface area contributed by atoms with Gasteiger partial charge < -0.3 is 11.1 Å². The Balaban J connectivity index is 1.91. The molecule has 0 aliphatic rings. The molecule has 2 rings (SSSR count). The Morgan fingerprint density at radius 1 is 1.14 bits per heavy atom. The predicted molar refractivity (Wildman–Crippen MR) is 80.7 cm³/mol. The van der Waals surface area contributed by atoms with Crippen LogP contribution < -0.4 is 11.1 Å². The van der Waals surface area contributed by atoms with Gasteiger partial charge >= 0.3 is 0 Å². The maximum Gasteiger partial charge on any atom is 0.248 e. The summed E-state index contributed by atoms with van der Waals surface area (Å²) >= 11 is 1.30. The highest BCUT2D eigenvalue weighted by atomic mass is 32.2. The zero-order valence-electron chi connectivity index (χ0n) is 11.0. The average molecular weight is 304 g/mol.